The minimum atomic E-state index is -3.22. The van der Waals surface area contributed by atoms with Gasteiger partial charge in [-0.2, -0.15) is 0 Å². The van der Waals surface area contributed by atoms with E-state index < -0.39 is 26.7 Å². The van der Waals surface area contributed by atoms with E-state index in [-0.39, 0.29) is 34.3 Å². The second-order valence-corrected chi connectivity index (χ2v) is 10.4. The van der Waals surface area contributed by atoms with Crippen molar-refractivity contribution >= 4 is 33.0 Å². The molecule has 30 heavy (non-hydrogen) atoms. The summed E-state index contributed by atoms with van der Waals surface area (Å²) in [5, 5.41) is 11.1. The number of halogens is 1. The first-order valence-electron chi connectivity index (χ1n) is 9.61. The number of amides is 1. The van der Waals surface area contributed by atoms with Gasteiger partial charge in [0.2, 0.25) is 0 Å². The molecule has 1 atom stereocenters. The topological polar surface area (TPSA) is 97.6 Å². The van der Waals surface area contributed by atoms with Gasteiger partial charge in [-0.05, 0) is 35.6 Å². The molecule has 2 aromatic carbocycles. The number of hydrogen-bond acceptors (Lipinski definition) is 5. The second-order valence-electron chi connectivity index (χ2n) is 7.81. The van der Waals surface area contributed by atoms with Crippen LogP contribution >= 0.6 is 11.6 Å². The lowest BCUT2D eigenvalue weighted by Crippen LogP contribution is -2.40. The van der Waals surface area contributed by atoms with Crippen LogP contribution in [0.2, 0.25) is 5.02 Å². The highest BCUT2D eigenvalue weighted by atomic mass is 35.5. The monoisotopic (exact) mass is 450 g/mol. The molecule has 9 heteroatoms. The van der Waals surface area contributed by atoms with Crippen molar-refractivity contribution in [2.45, 2.75) is 38.8 Å². The maximum absolute atomic E-state index is 13.3. The molecule has 1 saturated heterocycles. The zero-order valence-corrected chi connectivity index (χ0v) is 18.3. The molecule has 0 spiro atoms. The van der Waals surface area contributed by atoms with Gasteiger partial charge in [-0.1, -0.05) is 49.7 Å². The molecule has 0 unspecified atom stereocenters. The van der Waals surface area contributed by atoms with Gasteiger partial charge < -0.3 is 4.90 Å². The van der Waals surface area contributed by atoms with Gasteiger partial charge in [-0.25, -0.2) is 8.42 Å². The highest BCUT2D eigenvalue weighted by molar-refractivity contribution is 7.91. The van der Waals surface area contributed by atoms with Gasteiger partial charge in [-0.3, -0.25) is 14.9 Å². The summed E-state index contributed by atoms with van der Waals surface area (Å²) in [7, 11) is -3.22. The Balaban J connectivity index is 1.94. The van der Waals surface area contributed by atoms with Crippen LogP contribution < -0.4 is 0 Å². The molecule has 2 aromatic rings. The standard InChI is InChI=1S/C21H23ClN2O5S/c1-14(2)16-5-3-15(4-6-16)12-23(18-9-10-30(28,29)13-18)21(25)17-7-8-19(22)20(11-17)24(26)27/h3-8,11,14,18H,9-10,12-13H2,1-2H3/t18-/m1/s1. The maximum Gasteiger partial charge on any atom is 0.288 e. The Hall–Kier alpha value is -2.45. The van der Waals surface area contributed by atoms with Gasteiger partial charge in [-0.15, -0.1) is 0 Å². The summed E-state index contributed by atoms with van der Waals surface area (Å²) in [4.78, 5) is 25.3. The van der Waals surface area contributed by atoms with Crippen LogP contribution in [-0.4, -0.2) is 41.7 Å². The number of nitro benzene ring substituents is 1. The minimum absolute atomic E-state index is 0.0223. The number of benzene rings is 2. The van der Waals surface area contributed by atoms with Crippen molar-refractivity contribution in [1.29, 1.82) is 0 Å². The molecule has 0 saturated carbocycles. The molecule has 160 valence electrons. The Labute approximate surface area is 180 Å². The lowest BCUT2D eigenvalue weighted by molar-refractivity contribution is -0.384. The first kappa shape index (κ1) is 22.2. The summed E-state index contributed by atoms with van der Waals surface area (Å²) in [5.74, 6) is -0.177. The molecule has 0 aliphatic carbocycles. The Morgan fingerprint density at radius 3 is 2.43 bits per heavy atom. The van der Waals surface area contributed by atoms with Crippen LogP contribution in [0.25, 0.3) is 0 Å². The lowest BCUT2D eigenvalue weighted by Gasteiger charge is -2.28. The summed E-state index contributed by atoms with van der Waals surface area (Å²) in [6.45, 7) is 4.39. The Morgan fingerprint density at radius 1 is 1.23 bits per heavy atom. The minimum Gasteiger partial charge on any atom is -0.330 e. The molecule has 1 amide bonds. The normalized spacial score (nSPS) is 17.8. The zero-order valence-electron chi connectivity index (χ0n) is 16.7. The molecular weight excluding hydrogens is 428 g/mol. The zero-order chi connectivity index (χ0) is 22.1. The van der Waals surface area contributed by atoms with E-state index in [1.165, 1.54) is 17.0 Å². The number of carbonyl (C=O) groups excluding carboxylic acids is 1. The van der Waals surface area contributed by atoms with Crippen molar-refractivity contribution in [3.63, 3.8) is 0 Å². The van der Waals surface area contributed by atoms with Gasteiger partial charge in [0.15, 0.2) is 9.84 Å². The van der Waals surface area contributed by atoms with Crippen molar-refractivity contribution in [3.8, 4) is 0 Å². The number of rotatable bonds is 6. The molecule has 3 rings (SSSR count). The molecule has 7 nitrogen and oxygen atoms in total. The number of carbonyl (C=O) groups is 1. The SMILES string of the molecule is CC(C)c1ccc(CN(C(=O)c2ccc(Cl)c([N+](=O)[O-])c2)[C@@H]2CCS(=O)(=O)C2)cc1. The van der Waals surface area contributed by atoms with E-state index in [4.69, 9.17) is 11.6 Å². The molecular formula is C21H23ClN2O5S. The summed E-state index contributed by atoms with van der Waals surface area (Å²) in [6, 6.07) is 11.2. The van der Waals surface area contributed by atoms with Crippen molar-refractivity contribution in [3.05, 3.63) is 74.3 Å². The Morgan fingerprint density at radius 2 is 1.90 bits per heavy atom. The van der Waals surface area contributed by atoms with E-state index in [0.717, 1.165) is 17.2 Å². The predicted molar refractivity (Wildman–Crippen MR) is 116 cm³/mol. The summed E-state index contributed by atoms with van der Waals surface area (Å²) in [5.41, 5.74) is 1.77. The molecule has 0 bridgehead atoms. The largest absolute Gasteiger partial charge is 0.330 e. The third-order valence-electron chi connectivity index (χ3n) is 5.30. The number of nitrogens with zero attached hydrogens (tertiary/aromatic N) is 2. The van der Waals surface area contributed by atoms with Gasteiger partial charge in [0.25, 0.3) is 11.6 Å². The highest BCUT2D eigenvalue weighted by Crippen LogP contribution is 2.28. The fourth-order valence-corrected chi connectivity index (χ4v) is 5.46. The molecule has 1 aliphatic rings. The van der Waals surface area contributed by atoms with E-state index in [9.17, 15) is 23.3 Å². The third-order valence-corrected chi connectivity index (χ3v) is 7.37. The Kier molecular flexibility index (Phi) is 6.47. The van der Waals surface area contributed by atoms with Crippen LogP contribution in [-0.2, 0) is 16.4 Å². The summed E-state index contributed by atoms with van der Waals surface area (Å²) < 4.78 is 24.0. The first-order valence-corrected chi connectivity index (χ1v) is 11.8. The van der Waals surface area contributed by atoms with Gasteiger partial charge in [0.05, 0.1) is 16.4 Å². The first-order chi connectivity index (χ1) is 14.1. The average Bonchev–Trinajstić information content (AvgIpc) is 3.05. The van der Waals surface area contributed by atoms with E-state index in [0.29, 0.717) is 12.3 Å². The molecule has 1 fully saturated rings. The van der Waals surface area contributed by atoms with Gasteiger partial charge >= 0.3 is 0 Å². The van der Waals surface area contributed by atoms with Gasteiger partial charge in [0, 0.05) is 24.2 Å². The second kappa shape index (κ2) is 8.73. The van der Waals surface area contributed by atoms with Crippen LogP contribution in [0.1, 0.15) is 47.7 Å². The van der Waals surface area contributed by atoms with Crippen LogP contribution in [0.3, 0.4) is 0 Å². The Bertz CT molecular complexity index is 1070. The highest BCUT2D eigenvalue weighted by Gasteiger charge is 2.35. The van der Waals surface area contributed by atoms with Crippen molar-refractivity contribution < 1.29 is 18.1 Å². The smallest absolute Gasteiger partial charge is 0.288 e. The van der Waals surface area contributed by atoms with Crippen LogP contribution in [0.5, 0.6) is 0 Å². The average molecular weight is 451 g/mol. The van der Waals surface area contributed by atoms with E-state index in [2.05, 4.69) is 13.8 Å². The number of nitro groups is 1. The van der Waals surface area contributed by atoms with E-state index >= 15 is 0 Å². The quantitative estimate of drug-likeness (QED) is 0.485. The molecule has 0 aromatic heterocycles. The van der Waals surface area contributed by atoms with Crippen LogP contribution in [0.4, 0.5) is 5.69 Å². The number of sulfone groups is 1. The maximum atomic E-state index is 13.3. The van der Waals surface area contributed by atoms with Crippen molar-refractivity contribution in [2.24, 2.45) is 0 Å². The molecule has 1 heterocycles. The lowest BCUT2D eigenvalue weighted by atomic mass is 10.0. The van der Waals surface area contributed by atoms with Crippen LogP contribution in [0, 0.1) is 10.1 Å². The molecule has 1 aliphatic heterocycles. The van der Waals surface area contributed by atoms with Crippen molar-refractivity contribution in [2.75, 3.05) is 11.5 Å². The predicted octanol–water partition coefficient (Wildman–Crippen LogP) is 4.20. The fourth-order valence-electron chi connectivity index (χ4n) is 3.54. The molecule has 0 N–H and O–H groups in total. The van der Waals surface area contributed by atoms with Gasteiger partial charge in [0.1, 0.15) is 5.02 Å². The van der Waals surface area contributed by atoms with E-state index in [1.807, 2.05) is 24.3 Å². The number of hydrogen-bond donors (Lipinski definition) is 0. The van der Waals surface area contributed by atoms with Crippen LogP contribution in [0.15, 0.2) is 42.5 Å². The van der Waals surface area contributed by atoms with E-state index in [1.54, 1.807) is 0 Å². The van der Waals surface area contributed by atoms with Crippen molar-refractivity contribution in [1.82, 2.24) is 4.90 Å². The fraction of sp³-hybridized carbons (Fsp3) is 0.381. The summed E-state index contributed by atoms with van der Waals surface area (Å²) >= 11 is 5.86. The summed E-state index contributed by atoms with van der Waals surface area (Å²) in [6.07, 6.45) is 0.341. The molecule has 0 radical (unpaired) electrons. The third kappa shape index (κ3) is 4.99.